The van der Waals surface area contributed by atoms with Crippen LogP contribution in [0.4, 0.5) is 0 Å². The lowest BCUT2D eigenvalue weighted by atomic mass is 10.3. The number of aromatic nitrogens is 2. The van der Waals surface area contributed by atoms with Crippen LogP contribution in [0.15, 0.2) is 28.3 Å². The minimum Gasteiger partial charge on any atom is -0.356 e. The fourth-order valence-electron chi connectivity index (χ4n) is 1.67. The number of hydrogen-bond donors (Lipinski definition) is 1. The molecule has 0 unspecified atom stereocenters. The van der Waals surface area contributed by atoms with Crippen molar-refractivity contribution >= 4 is 33.2 Å². The van der Waals surface area contributed by atoms with Crippen LogP contribution in [0.2, 0.25) is 0 Å². The molecule has 2 aromatic heterocycles. The molecule has 0 bridgehead atoms. The van der Waals surface area contributed by atoms with Gasteiger partial charge in [0, 0.05) is 41.8 Å². The summed E-state index contributed by atoms with van der Waals surface area (Å²) in [6, 6.07) is 1.80. The number of aromatic amines is 1. The van der Waals surface area contributed by atoms with Crippen LogP contribution in [0.25, 0.3) is 0 Å². The van der Waals surface area contributed by atoms with Gasteiger partial charge in [0.25, 0.3) is 5.91 Å². The Kier molecular flexibility index (Phi) is 4.54. The zero-order valence-corrected chi connectivity index (χ0v) is 12.4. The number of thiazole rings is 1. The van der Waals surface area contributed by atoms with Crippen LogP contribution in [-0.2, 0) is 6.42 Å². The molecule has 1 amide bonds. The highest BCUT2D eigenvalue weighted by atomic mass is 79.9. The maximum atomic E-state index is 12.2. The molecule has 0 spiro atoms. The lowest BCUT2D eigenvalue weighted by molar-refractivity contribution is 0.0761. The van der Waals surface area contributed by atoms with Gasteiger partial charge in [0.2, 0.25) is 0 Å². The summed E-state index contributed by atoms with van der Waals surface area (Å²) in [7, 11) is 0. The van der Waals surface area contributed by atoms with Crippen molar-refractivity contribution in [2.75, 3.05) is 13.1 Å². The van der Waals surface area contributed by atoms with E-state index in [9.17, 15) is 4.79 Å². The summed E-state index contributed by atoms with van der Waals surface area (Å²) in [5.74, 6) is 0.0276. The van der Waals surface area contributed by atoms with Crippen molar-refractivity contribution in [3.63, 3.8) is 0 Å². The zero-order chi connectivity index (χ0) is 13.0. The van der Waals surface area contributed by atoms with E-state index in [4.69, 9.17) is 0 Å². The van der Waals surface area contributed by atoms with Crippen LogP contribution in [0.3, 0.4) is 0 Å². The summed E-state index contributed by atoms with van der Waals surface area (Å²) in [5.41, 5.74) is 0.614. The maximum absolute atomic E-state index is 12.2. The fraction of sp³-hybridized carbons (Fsp3) is 0.333. The number of hydrogen-bond acceptors (Lipinski definition) is 3. The first kappa shape index (κ1) is 13.3. The van der Waals surface area contributed by atoms with Gasteiger partial charge < -0.3 is 9.88 Å². The molecule has 2 aromatic rings. The molecule has 0 radical (unpaired) electrons. The highest BCUT2D eigenvalue weighted by Crippen LogP contribution is 2.13. The third-order valence-electron chi connectivity index (χ3n) is 2.63. The molecule has 6 heteroatoms. The molecule has 1 N–H and O–H groups in total. The van der Waals surface area contributed by atoms with Crippen LogP contribution in [-0.4, -0.2) is 33.9 Å². The number of carbonyl (C=O) groups is 1. The summed E-state index contributed by atoms with van der Waals surface area (Å²) in [6.07, 6.45) is 4.36. The summed E-state index contributed by atoms with van der Waals surface area (Å²) < 4.78 is 0.891. The largest absolute Gasteiger partial charge is 0.356 e. The highest BCUT2D eigenvalue weighted by Gasteiger charge is 2.15. The molecule has 4 nitrogen and oxygen atoms in total. The first-order valence-electron chi connectivity index (χ1n) is 5.72. The van der Waals surface area contributed by atoms with Crippen LogP contribution in [0.5, 0.6) is 0 Å². The zero-order valence-electron chi connectivity index (χ0n) is 10.0. The smallest absolute Gasteiger partial charge is 0.270 e. The summed E-state index contributed by atoms with van der Waals surface area (Å²) in [6.45, 7) is 3.37. The second kappa shape index (κ2) is 6.15. The Morgan fingerprint density at radius 2 is 2.44 bits per heavy atom. The predicted octanol–water partition coefficient (Wildman–Crippen LogP) is 2.94. The Hall–Kier alpha value is -1.14. The lowest BCUT2D eigenvalue weighted by Gasteiger charge is -2.19. The van der Waals surface area contributed by atoms with E-state index in [1.54, 1.807) is 29.8 Å². The molecule has 18 heavy (non-hydrogen) atoms. The maximum Gasteiger partial charge on any atom is 0.270 e. The van der Waals surface area contributed by atoms with E-state index in [0.717, 1.165) is 15.9 Å². The number of rotatable bonds is 5. The van der Waals surface area contributed by atoms with Gasteiger partial charge in [0.1, 0.15) is 5.69 Å². The Labute approximate surface area is 118 Å². The number of amides is 1. The molecule has 0 saturated heterocycles. The summed E-state index contributed by atoms with van der Waals surface area (Å²) in [4.78, 5) is 21.2. The van der Waals surface area contributed by atoms with Crippen molar-refractivity contribution in [1.29, 1.82) is 0 Å². The van der Waals surface area contributed by atoms with Crippen molar-refractivity contribution in [1.82, 2.24) is 14.9 Å². The Morgan fingerprint density at radius 3 is 3.00 bits per heavy atom. The first-order valence-corrected chi connectivity index (χ1v) is 7.39. The van der Waals surface area contributed by atoms with Gasteiger partial charge in [-0.15, -0.1) is 11.3 Å². The molecule has 0 aromatic carbocycles. The standard InChI is InChI=1S/C12H14BrN3OS/c1-2-16(5-3-11-14-4-6-18-11)12(17)10-7-9(13)8-15-10/h4,6-8,15H,2-3,5H2,1H3. The average Bonchev–Trinajstić information content (AvgIpc) is 3.00. The predicted molar refractivity (Wildman–Crippen MR) is 75.9 cm³/mol. The molecular weight excluding hydrogens is 314 g/mol. The van der Waals surface area contributed by atoms with Crippen LogP contribution in [0.1, 0.15) is 22.4 Å². The normalized spacial score (nSPS) is 10.6. The molecule has 2 rings (SSSR count). The molecule has 0 saturated carbocycles. The number of likely N-dealkylation sites (N-methyl/N-ethyl adjacent to an activating group) is 1. The summed E-state index contributed by atoms with van der Waals surface area (Å²) in [5, 5.41) is 3.02. The average molecular weight is 328 g/mol. The third kappa shape index (κ3) is 3.20. The van der Waals surface area contributed by atoms with E-state index in [-0.39, 0.29) is 5.91 Å². The Morgan fingerprint density at radius 1 is 1.61 bits per heavy atom. The van der Waals surface area contributed by atoms with Crippen molar-refractivity contribution in [3.05, 3.63) is 39.0 Å². The van der Waals surface area contributed by atoms with Crippen molar-refractivity contribution < 1.29 is 4.79 Å². The van der Waals surface area contributed by atoms with Gasteiger partial charge in [-0.05, 0) is 28.9 Å². The number of H-pyrrole nitrogens is 1. The molecule has 96 valence electrons. The first-order chi connectivity index (χ1) is 8.70. The van der Waals surface area contributed by atoms with E-state index in [2.05, 4.69) is 25.9 Å². The van der Waals surface area contributed by atoms with E-state index in [1.807, 2.05) is 17.2 Å². The molecule has 0 fully saturated rings. The van der Waals surface area contributed by atoms with Gasteiger partial charge in [-0.1, -0.05) is 0 Å². The van der Waals surface area contributed by atoms with Gasteiger partial charge in [0.05, 0.1) is 5.01 Å². The number of nitrogens with one attached hydrogen (secondary N) is 1. The number of halogens is 1. The summed E-state index contributed by atoms with van der Waals surface area (Å²) >= 11 is 4.95. The number of nitrogens with zero attached hydrogens (tertiary/aromatic N) is 2. The monoisotopic (exact) mass is 327 g/mol. The van der Waals surface area contributed by atoms with Crippen LogP contribution < -0.4 is 0 Å². The second-order valence-electron chi connectivity index (χ2n) is 3.79. The van der Waals surface area contributed by atoms with Crippen LogP contribution >= 0.6 is 27.3 Å². The quantitative estimate of drug-likeness (QED) is 0.917. The molecule has 0 aliphatic heterocycles. The molecule has 0 aliphatic rings. The molecule has 0 atom stereocenters. The SMILES string of the molecule is CCN(CCc1nccs1)C(=O)c1cc(Br)c[nH]1. The molecule has 2 heterocycles. The van der Waals surface area contributed by atoms with Crippen molar-refractivity contribution in [2.45, 2.75) is 13.3 Å². The molecular formula is C12H14BrN3OS. The van der Waals surface area contributed by atoms with E-state index in [0.29, 0.717) is 18.8 Å². The fourth-order valence-corrected chi connectivity index (χ4v) is 2.63. The van der Waals surface area contributed by atoms with Gasteiger partial charge in [0.15, 0.2) is 0 Å². The minimum atomic E-state index is 0.0276. The van der Waals surface area contributed by atoms with Crippen molar-refractivity contribution in [2.24, 2.45) is 0 Å². The van der Waals surface area contributed by atoms with Gasteiger partial charge in [-0.3, -0.25) is 4.79 Å². The Bertz CT molecular complexity index is 509. The van der Waals surface area contributed by atoms with E-state index >= 15 is 0 Å². The lowest BCUT2D eigenvalue weighted by Crippen LogP contribution is -2.32. The molecule has 0 aliphatic carbocycles. The van der Waals surface area contributed by atoms with Crippen LogP contribution in [0, 0.1) is 0 Å². The van der Waals surface area contributed by atoms with E-state index in [1.165, 1.54) is 0 Å². The third-order valence-corrected chi connectivity index (χ3v) is 3.92. The second-order valence-corrected chi connectivity index (χ2v) is 5.69. The highest BCUT2D eigenvalue weighted by molar-refractivity contribution is 9.10. The van der Waals surface area contributed by atoms with E-state index < -0.39 is 0 Å². The van der Waals surface area contributed by atoms with Crippen molar-refractivity contribution in [3.8, 4) is 0 Å². The Balaban J connectivity index is 1.98. The van der Waals surface area contributed by atoms with Gasteiger partial charge >= 0.3 is 0 Å². The topological polar surface area (TPSA) is 49.0 Å². The minimum absolute atomic E-state index is 0.0276. The van der Waals surface area contributed by atoms with Gasteiger partial charge in [-0.2, -0.15) is 0 Å². The number of carbonyl (C=O) groups excluding carboxylic acids is 1. The van der Waals surface area contributed by atoms with Gasteiger partial charge in [-0.25, -0.2) is 4.98 Å².